The summed E-state index contributed by atoms with van der Waals surface area (Å²) >= 11 is 0. The summed E-state index contributed by atoms with van der Waals surface area (Å²) in [6, 6.07) is 25.0. The average molecular weight is 349 g/mol. The molecule has 3 nitrogen and oxygen atoms in total. The van der Waals surface area contributed by atoms with Crippen molar-refractivity contribution in [3.63, 3.8) is 0 Å². The highest BCUT2D eigenvalue weighted by Crippen LogP contribution is 2.36. The molecule has 0 amide bonds. The average Bonchev–Trinajstić information content (AvgIpc) is 3.13. The second-order valence-corrected chi connectivity index (χ2v) is 6.87. The second-order valence-electron chi connectivity index (χ2n) is 6.87. The van der Waals surface area contributed by atoms with Crippen LogP contribution >= 0.6 is 0 Å². The third-order valence-electron chi connectivity index (χ3n) is 5.23. The van der Waals surface area contributed by atoms with Gasteiger partial charge in [-0.15, -0.1) is 0 Å². The molecule has 0 radical (unpaired) electrons. The van der Waals surface area contributed by atoms with E-state index < -0.39 is 0 Å². The van der Waals surface area contributed by atoms with Gasteiger partial charge in [-0.2, -0.15) is 0 Å². The number of hydrogen-bond acceptors (Lipinski definition) is 1. The molecule has 0 heterocycles. The third kappa shape index (κ3) is 2.56. The van der Waals surface area contributed by atoms with E-state index in [0.717, 1.165) is 16.8 Å². The van der Waals surface area contributed by atoms with Crippen LogP contribution in [0.3, 0.4) is 0 Å². The first-order valence-electron chi connectivity index (χ1n) is 9.03. The molecule has 0 atom stereocenters. The van der Waals surface area contributed by atoms with E-state index >= 15 is 0 Å². The summed E-state index contributed by atoms with van der Waals surface area (Å²) in [7, 11) is 1.93. The van der Waals surface area contributed by atoms with Crippen LogP contribution in [0.2, 0.25) is 0 Å². The van der Waals surface area contributed by atoms with Gasteiger partial charge in [0.25, 0.3) is 0 Å². The number of rotatable bonds is 2. The Bertz CT molecular complexity index is 1220. The van der Waals surface area contributed by atoms with Gasteiger partial charge in [0.2, 0.25) is 0 Å². The van der Waals surface area contributed by atoms with Gasteiger partial charge in [0.05, 0.1) is 5.69 Å². The molecule has 0 fully saturated rings. The number of guanidine groups is 1. The summed E-state index contributed by atoms with van der Waals surface area (Å²) in [5.74, 6) is 0.344. The molecular formula is C24H19N3. The van der Waals surface area contributed by atoms with Gasteiger partial charge in [0, 0.05) is 18.1 Å². The van der Waals surface area contributed by atoms with Crippen LogP contribution in [-0.4, -0.2) is 13.0 Å². The second kappa shape index (κ2) is 5.99. The summed E-state index contributed by atoms with van der Waals surface area (Å²) < 4.78 is 0. The molecule has 0 bridgehead atoms. The molecular weight excluding hydrogens is 330 g/mol. The summed E-state index contributed by atoms with van der Waals surface area (Å²) in [5, 5.41) is 16.6. The molecule has 3 heteroatoms. The molecule has 1 aliphatic carbocycles. The number of hydrogen-bond donors (Lipinski definition) is 2. The third-order valence-corrected chi connectivity index (χ3v) is 5.23. The molecule has 0 saturated heterocycles. The molecule has 27 heavy (non-hydrogen) atoms. The van der Waals surface area contributed by atoms with Gasteiger partial charge >= 0.3 is 0 Å². The zero-order valence-electron chi connectivity index (χ0n) is 15.0. The number of fused-ring (bicyclic) bond motifs is 1. The van der Waals surface area contributed by atoms with Crippen molar-refractivity contribution in [1.82, 2.24) is 0 Å². The molecule has 5 rings (SSSR count). The van der Waals surface area contributed by atoms with Crippen molar-refractivity contribution in [2.75, 3.05) is 17.3 Å². The Balaban J connectivity index is 1.48. The van der Waals surface area contributed by atoms with E-state index in [2.05, 4.69) is 72.1 Å². The first kappa shape index (κ1) is 15.6. The minimum atomic E-state index is 0.344. The topological polar surface area (TPSA) is 39.1 Å². The number of anilines is 2. The van der Waals surface area contributed by atoms with Crippen LogP contribution < -0.4 is 10.2 Å². The smallest absolute Gasteiger partial charge is 0.199 e. The summed E-state index contributed by atoms with van der Waals surface area (Å²) in [5.41, 5.74) is 4.43. The summed E-state index contributed by atoms with van der Waals surface area (Å²) in [6.07, 6.45) is 4.31. The molecule has 0 unspecified atom stereocenters. The van der Waals surface area contributed by atoms with Gasteiger partial charge in [-0.25, -0.2) is 0 Å². The molecule has 2 N–H and O–H groups in total. The minimum Gasteiger partial charge on any atom is -0.326 e. The van der Waals surface area contributed by atoms with Gasteiger partial charge < -0.3 is 10.2 Å². The largest absolute Gasteiger partial charge is 0.326 e. The highest BCUT2D eigenvalue weighted by molar-refractivity contribution is 6.14. The van der Waals surface area contributed by atoms with Crippen LogP contribution in [0.4, 0.5) is 11.4 Å². The lowest BCUT2D eigenvalue weighted by Gasteiger charge is -2.23. The maximum absolute atomic E-state index is 8.58. The van der Waals surface area contributed by atoms with E-state index in [4.69, 9.17) is 5.41 Å². The number of nitrogens with zero attached hydrogens (tertiary/aromatic N) is 1. The minimum absolute atomic E-state index is 0.344. The van der Waals surface area contributed by atoms with Crippen molar-refractivity contribution < 1.29 is 0 Å². The molecule has 4 aromatic carbocycles. The van der Waals surface area contributed by atoms with E-state index in [9.17, 15) is 0 Å². The molecule has 0 aliphatic heterocycles. The SMILES string of the molecule is CN(C(=N)Nc1ccc2ccccc2c1)c1ccc2c3c(cccc13)C=C2. The predicted molar refractivity (Wildman–Crippen MR) is 117 cm³/mol. The van der Waals surface area contributed by atoms with Gasteiger partial charge in [-0.3, -0.25) is 5.41 Å². The van der Waals surface area contributed by atoms with Crippen LogP contribution in [0, 0.1) is 5.41 Å². The van der Waals surface area contributed by atoms with Crippen molar-refractivity contribution in [2.24, 2.45) is 0 Å². The quantitative estimate of drug-likeness (QED) is 0.305. The fraction of sp³-hybridized carbons (Fsp3) is 0.0417. The van der Waals surface area contributed by atoms with E-state index in [1.165, 1.54) is 27.3 Å². The van der Waals surface area contributed by atoms with Crippen molar-refractivity contribution in [1.29, 1.82) is 5.41 Å². The molecule has 0 spiro atoms. The fourth-order valence-electron chi connectivity index (χ4n) is 3.81. The fourth-order valence-corrected chi connectivity index (χ4v) is 3.81. The first-order valence-corrected chi connectivity index (χ1v) is 9.03. The van der Waals surface area contributed by atoms with Crippen molar-refractivity contribution in [3.05, 3.63) is 83.9 Å². The van der Waals surface area contributed by atoms with Crippen molar-refractivity contribution >= 4 is 51.0 Å². The standard InChI is InChI=1S/C24H19N3/c1-27(22-14-12-18-10-9-17-7-4-8-21(22)23(17)18)24(25)26-20-13-11-16-5-2-3-6-19(16)15-20/h2-15H,1H3,(H2,25,26). The number of benzene rings is 4. The first-order chi connectivity index (χ1) is 13.2. The molecule has 0 aromatic heterocycles. The van der Waals surface area contributed by atoms with Crippen LogP contribution in [-0.2, 0) is 0 Å². The maximum atomic E-state index is 8.58. The lowest BCUT2D eigenvalue weighted by atomic mass is 10.0. The highest BCUT2D eigenvalue weighted by atomic mass is 15.3. The summed E-state index contributed by atoms with van der Waals surface area (Å²) in [4.78, 5) is 1.90. The zero-order chi connectivity index (χ0) is 18.4. The van der Waals surface area contributed by atoms with Gasteiger partial charge in [0.15, 0.2) is 5.96 Å². The number of nitrogens with one attached hydrogen (secondary N) is 2. The lowest BCUT2D eigenvalue weighted by molar-refractivity contribution is 1.22. The summed E-state index contributed by atoms with van der Waals surface area (Å²) in [6.45, 7) is 0. The Hall–Kier alpha value is -3.59. The zero-order valence-corrected chi connectivity index (χ0v) is 15.0. The molecule has 130 valence electrons. The lowest BCUT2D eigenvalue weighted by Crippen LogP contribution is -2.32. The molecule has 4 aromatic rings. The van der Waals surface area contributed by atoms with Crippen LogP contribution in [0.1, 0.15) is 11.1 Å². The van der Waals surface area contributed by atoms with Crippen LogP contribution in [0.25, 0.3) is 33.7 Å². The Morgan fingerprint density at radius 2 is 1.59 bits per heavy atom. The Kier molecular flexibility index (Phi) is 3.47. The monoisotopic (exact) mass is 349 g/mol. The van der Waals surface area contributed by atoms with Crippen molar-refractivity contribution in [3.8, 4) is 0 Å². The molecule has 0 saturated carbocycles. The predicted octanol–water partition coefficient (Wildman–Crippen LogP) is 5.96. The Morgan fingerprint density at radius 3 is 2.44 bits per heavy atom. The van der Waals surface area contributed by atoms with Gasteiger partial charge in [-0.05, 0) is 45.5 Å². The van der Waals surface area contributed by atoms with E-state index in [1.54, 1.807) is 0 Å². The Morgan fingerprint density at radius 1 is 0.815 bits per heavy atom. The molecule has 1 aliphatic rings. The van der Waals surface area contributed by atoms with Crippen LogP contribution in [0.15, 0.2) is 72.8 Å². The van der Waals surface area contributed by atoms with Gasteiger partial charge in [0.1, 0.15) is 0 Å². The van der Waals surface area contributed by atoms with E-state index in [-0.39, 0.29) is 0 Å². The normalized spacial score (nSPS) is 11.9. The van der Waals surface area contributed by atoms with E-state index in [1.807, 2.05) is 30.1 Å². The highest BCUT2D eigenvalue weighted by Gasteiger charge is 2.16. The van der Waals surface area contributed by atoms with Gasteiger partial charge in [-0.1, -0.05) is 66.7 Å². The van der Waals surface area contributed by atoms with E-state index in [0.29, 0.717) is 5.96 Å². The van der Waals surface area contributed by atoms with Crippen molar-refractivity contribution in [2.45, 2.75) is 0 Å². The Labute approximate surface area is 158 Å². The maximum Gasteiger partial charge on any atom is 0.199 e. The van der Waals surface area contributed by atoms with Crippen LogP contribution in [0.5, 0.6) is 0 Å².